The van der Waals surface area contributed by atoms with E-state index in [0.717, 1.165) is 33.6 Å². The highest BCUT2D eigenvalue weighted by molar-refractivity contribution is 5.88. The molecule has 3 aromatic rings. The standard InChI is InChI=1S/C14H14N4O/c1-8-5-3-4-6-10(8)12-13(18-19-14(12)15)11-7-16-17-9(11)2/h3-7H,15H2,1-2H3,(H,16,17). The number of rotatable bonds is 2. The molecule has 0 saturated carbocycles. The molecule has 3 rings (SSSR count). The minimum absolute atomic E-state index is 0.324. The Kier molecular flexibility index (Phi) is 2.59. The van der Waals surface area contributed by atoms with Gasteiger partial charge >= 0.3 is 0 Å². The van der Waals surface area contributed by atoms with Gasteiger partial charge in [-0.2, -0.15) is 5.10 Å². The lowest BCUT2D eigenvalue weighted by Gasteiger charge is -2.05. The van der Waals surface area contributed by atoms with Crippen LogP contribution >= 0.6 is 0 Å². The predicted octanol–water partition coefficient (Wildman–Crippen LogP) is 2.93. The van der Waals surface area contributed by atoms with Crippen molar-refractivity contribution in [3.63, 3.8) is 0 Å². The summed E-state index contributed by atoms with van der Waals surface area (Å²) >= 11 is 0. The Bertz CT molecular complexity index is 727. The minimum atomic E-state index is 0.324. The largest absolute Gasteiger partial charge is 0.367 e. The molecule has 0 aliphatic rings. The minimum Gasteiger partial charge on any atom is -0.367 e. The number of nitrogens with one attached hydrogen (secondary N) is 1. The Morgan fingerprint density at radius 1 is 1.16 bits per heavy atom. The fourth-order valence-corrected chi connectivity index (χ4v) is 2.19. The van der Waals surface area contributed by atoms with Gasteiger partial charge in [-0.15, -0.1) is 0 Å². The van der Waals surface area contributed by atoms with Gasteiger partial charge in [0.2, 0.25) is 5.88 Å². The van der Waals surface area contributed by atoms with Crippen LogP contribution in [-0.4, -0.2) is 15.4 Å². The van der Waals surface area contributed by atoms with Crippen molar-refractivity contribution in [1.29, 1.82) is 0 Å². The Balaban J connectivity index is 2.26. The van der Waals surface area contributed by atoms with Crippen LogP contribution in [0.15, 0.2) is 35.0 Å². The summed E-state index contributed by atoms with van der Waals surface area (Å²) < 4.78 is 5.17. The van der Waals surface area contributed by atoms with Crippen molar-refractivity contribution in [2.75, 3.05) is 5.73 Å². The lowest BCUT2D eigenvalue weighted by atomic mass is 9.98. The zero-order valence-corrected chi connectivity index (χ0v) is 10.8. The summed E-state index contributed by atoms with van der Waals surface area (Å²) in [5, 5.41) is 11.0. The van der Waals surface area contributed by atoms with Crippen molar-refractivity contribution in [3.8, 4) is 22.4 Å². The van der Waals surface area contributed by atoms with Gasteiger partial charge in [0, 0.05) is 11.3 Å². The smallest absolute Gasteiger partial charge is 0.230 e. The molecule has 1 aromatic carbocycles. The average Bonchev–Trinajstić information content (AvgIpc) is 2.96. The Morgan fingerprint density at radius 2 is 1.95 bits per heavy atom. The van der Waals surface area contributed by atoms with Gasteiger partial charge in [-0.25, -0.2) is 0 Å². The van der Waals surface area contributed by atoms with Crippen molar-refractivity contribution in [2.24, 2.45) is 0 Å². The molecule has 0 aliphatic heterocycles. The number of nitrogens with two attached hydrogens (primary N) is 1. The molecule has 0 amide bonds. The maximum atomic E-state index is 5.94. The van der Waals surface area contributed by atoms with Gasteiger partial charge in [-0.05, 0) is 25.0 Å². The van der Waals surface area contributed by atoms with E-state index in [4.69, 9.17) is 10.3 Å². The summed E-state index contributed by atoms with van der Waals surface area (Å²) in [5.41, 5.74) is 11.5. The van der Waals surface area contributed by atoms with Crippen LogP contribution < -0.4 is 5.73 Å². The second kappa shape index (κ2) is 4.28. The molecular formula is C14H14N4O. The number of anilines is 1. The third kappa shape index (κ3) is 1.79. The van der Waals surface area contributed by atoms with Crippen LogP contribution in [0.4, 0.5) is 5.88 Å². The number of H-pyrrole nitrogens is 1. The van der Waals surface area contributed by atoms with Gasteiger partial charge in [-0.1, -0.05) is 29.4 Å². The first-order chi connectivity index (χ1) is 9.18. The molecule has 0 saturated heterocycles. The number of aryl methyl sites for hydroxylation is 2. The average molecular weight is 254 g/mol. The number of aromatic amines is 1. The molecule has 2 aromatic heterocycles. The topological polar surface area (TPSA) is 80.7 Å². The van der Waals surface area contributed by atoms with E-state index in [9.17, 15) is 0 Å². The number of nitrogen functional groups attached to an aromatic ring is 1. The molecule has 2 heterocycles. The molecule has 5 heteroatoms. The number of hydrogen-bond donors (Lipinski definition) is 2. The van der Waals surface area contributed by atoms with Crippen LogP contribution in [-0.2, 0) is 0 Å². The normalized spacial score (nSPS) is 10.8. The first-order valence-electron chi connectivity index (χ1n) is 6.00. The first-order valence-corrected chi connectivity index (χ1v) is 6.00. The summed E-state index contributed by atoms with van der Waals surface area (Å²) in [5.74, 6) is 0.324. The molecule has 19 heavy (non-hydrogen) atoms. The van der Waals surface area contributed by atoms with Gasteiger partial charge < -0.3 is 10.3 Å². The van der Waals surface area contributed by atoms with Gasteiger partial charge in [0.05, 0.1) is 11.8 Å². The van der Waals surface area contributed by atoms with Crippen molar-refractivity contribution in [3.05, 3.63) is 41.7 Å². The number of benzene rings is 1. The van der Waals surface area contributed by atoms with Crippen LogP contribution in [0.1, 0.15) is 11.3 Å². The van der Waals surface area contributed by atoms with E-state index >= 15 is 0 Å². The monoisotopic (exact) mass is 254 g/mol. The van der Waals surface area contributed by atoms with E-state index in [1.54, 1.807) is 6.20 Å². The molecule has 96 valence electrons. The molecule has 0 atom stereocenters. The maximum Gasteiger partial charge on any atom is 0.230 e. The van der Waals surface area contributed by atoms with Gasteiger partial charge in [-0.3, -0.25) is 5.10 Å². The number of hydrogen-bond acceptors (Lipinski definition) is 4. The third-order valence-electron chi connectivity index (χ3n) is 3.22. The third-order valence-corrected chi connectivity index (χ3v) is 3.22. The highest BCUT2D eigenvalue weighted by Crippen LogP contribution is 2.38. The van der Waals surface area contributed by atoms with Crippen LogP contribution in [0.5, 0.6) is 0 Å². The molecule has 5 nitrogen and oxygen atoms in total. The molecule has 3 N–H and O–H groups in total. The number of aromatic nitrogens is 3. The summed E-state index contributed by atoms with van der Waals surface area (Å²) in [7, 11) is 0. The van der Waals surface area contributed by atoms with Crippen LogP contribution in [0.2, 0.25) is 0 Å². The fraction of sp³-hybridized carbons (Fsp3) is 0.143. The molecular weight excluding hydrogens is 240 g/mol. The highest BCUT2D eigenvalue weighted by atomic mass is 16.5. The molecule has 0 aliphatic carbocycles. The molecule has 0 spiro atoms. The summed E-state index contributed by atoms with van der Waals surface area (Å²) in [6, 6.07) is 8.01. The highest BCUT2D eigenvalue weighted by Gasteiger charge is 2.20. The lowest BCUT2D eigenvalue weighted by Crippen LogP contribution is -1.90. The van der Waals surface area contributed by atoms with Crippen LogP contribution in [0.3, 0.4) is 0 Å². The summed E-state index contributed by atoms with van der Waals surface area (Å²) in [4.78, 5) is 0. The molecule has 0 radical (unpaired) electrons. The lowest BCUT2D eigenvalue weighted by molar-refractivity contribution is 0.439. The van der Waals surface area contributed by atoms with E-state index in [-0.39, 0.29) is 0 Å². The van der Waals surface area contributed by atoms with E-state index < -0.39 is 0 Å². The van der Waals surface area contributed by atoms with Gasteiger partial charge in [0.15, 0.2) is 0 Å². The quantitative estimate of drug-likeness (QED) is 0.736. The molecule has 0 bridgehead atoms. The van der Waals surface area contributed by atoms with E-state index in [2.05, 4.69) is 15.4 Å². The SMILES string of the molecule is Cc1ccccc1-c1c(-c2cn[nH]c2C)noc1N. The van der Waals surface area contributed by atoms with Crippen molar-refractivity contribution >= 4 is 5.88 Å². The second-order valence-electron chi connectivity index (χ2n) is 4.49. The molecule has 0 unspecified atom stereocenters. The number of nitrogens with zero attached hydrogens (tertiary/aromatic N) is 2. The maximum absolute atomic E-state index is 5.94. The zero-order chi connectivity index (χ0) is 13.4. The van der Waals surface area contributed by atoms with E-state index in [0.29, 0.717) is 5.88 Å². The molecule has 0 fully saturated rings. The zero-order valence-electron chi connectivity index (χ0n) is 10.8. The Labute approximate surface area is 110 Å². The van der Waals surface area contributed by atoms with Crippen molar-refractivity contribution < 1.29 is 4.52 Å². The first kappa shape index (κ1) is 11.5. The van der Waals surface area contributed by atoms with E-state index in [1.807, 2.05) is 38.1 Å². The van der Waals surface area contributed by atoms with Gasteiger partial charge in [0.1, 0.15) is 5.69 Å². The van der Waals surface area contributed by atoms with Crippen LogP contribution in [0, 0.1) is 13.8 Å². The van der Waals surface area contributed by atoms with Crippen molar-refractivity contribution in [2.45, 2.75) is 13.8 Å². The fourth-order valence-electron chi connectivity index (χ4n) is 2.19. The van der Waals surface area contributed by atoms with E-state index in [1.165, 1.54) is 0 Å². The second-order valence-corrected chi connectivity index (χ2v) is 4.49. The Morgan fingerprint density at radius 3 is 2.63 bits per heavy atom. The van der Waals surface area contributed by atoms with Gasteiger partial charge in [0.25, 0.3) is 0 Å². The Hall–Kier alpha value is -2.56. The predicted molar refractivity (Wildman–Crippen MR) is 73.4 cm³/mol. The summed E-state index contributed by atoms with van der Waals surface area (Å²) in [6.45, 7) is 3.97. The summed E-state index contributed by atoms with van der Waals surface area (Å²) in [6.07, 6.45) is 1.73. The van der Waals surface area contributed by atoms with Crippen molar-refractivity contribution in [1.82, 2.24) is 15.4 Å². The van der Waals surface area contributed by atoms with Crippen LogP contribution in [0.25, 0.3) is 22.4 Å².